The minimum absolute atomic E-state index is 0.319. The highest BCUT2D eigenvalue weighted by Crippen LogP contribution is 2.25. The Morgan fingerprint density at radius 3 is 2.71 bits per heavy atom. The number of amides is 2. The second-order valence-electron chi connectivity index (χ2n) is 4.54. The molecule has 0 unspecified atom stereocenters. The Kier molecular flexibility index (Phi) is 4.22. The fourth-order valence-corrected chi connectivity index (χ4v) is 1.95. The number of carbonyl (C=O) groups excluding carboxylic acids is 3. The van der Waals surface area contributed by atoms with Crippen molar-refractivity contribution in [2.45, 2.75) is 19.4 Å². The maximum Gasteiger partial charge on any atom is 0.334 e. The number of H-pyrrole nitrogens is 1. The van der Waals surface area contributed by atoms with E-state index in [4.69, 9.17) is 10.5 Å². The maximum atomic E-state index is 12.1. The summed E-state index contributed by atoms with van der Waals surface area (Å²) in [6.45, 7) is 1.24. The standard InChI is InChI=1S/C14H15N3O4/c1-8(18)17-11(6-13(15)19)14(20)21-12-7-16-10-5-3-2-4-9(10)12/h2-5,7,11,16H,6H2,1H3,(H2,15,19)(H,17,18)/t11-/m0/s1. The van der Waals surface area contributed by atoms with Crippen LogP contribution in [0, 0.1) is 0 Å². The summed E-state index contributed by atoms with van der Waals surface area (Å²) in [7, 11) is 0. The van der Waals surface area contributed by atoms with Gasteiger partial charge in [0.15, 0.2) is 5.75 Å². The molecule has 0 aliphatic heterocycles. The molecule has 1 aromatic carbocycles. The number of carbonyl (C=O) groups is 3. The first-order valence-electron chi connectivity index (χ1n) is 6.30. The van der Waals surface area contributed by atoms with Crippen molar-refractivity contribution in [2.75, 3.05) is 0 Å². The van der Waals surface area contributed by atoms with Crippen molar-refractivity contribution < 1.29 is 19.1 Å². The zero-order chi connectivity index (χ0) is 15.4. The van der Waals surface area contributed by atoms with E-state index in [-0.39, 0.29) is 6.42 Å². The molecule has 0 radical (unpaired) electrons. The number of aromatic nitrogens is 1. The lowest BCUT2D eigenvalue weighted by Gasteiger charge is -2.14. The largest absolute Gasteiger partial charge is 0.423 e. The van der Waals surface area contributed by atoms with Crippen LogP contribution in [0.5, 0.6) is 5.75 Å². The fourth-order valence-electron chi connectivity index (χ4n) is 1.95. The summed E-state index contributed by atoms with van der Waals surface area (Å²) in [6, 6.07) is 6.17. The molecule has 0 aliphatic rings. The minimum atomic E-state index is -1.10. The lowest BCUT2D eigenvalue weighted by Crippen LogP contribution is -2.44. The number of rotatable bonds is 5. The first-order chi connectivity index (χ1) is 9.97. The van der Waals surface area contributed by atoms with E-state index in [1.165, 1.54) is 13.1 Å². The SMILES string of the molecule is CC(=O)N[C@@H](CC(N)=O)C(=O)Oc1c[nH]c2ccccc12. The number of esters is 1. The Balaban J connectivity index is 2.17. The van der Waals surface area contributed by atoms with E-state index < -0.39 is 23.8 Å². The van der Waals surface area contributed by atoms with Crippen molar-refractivity contribution in [2.24, 2.45) is 5.73 Å². The Hall–Kier alpha value is -2.83. The van der Waals surface area contributed by atoms with Crippen LogP contribution in [0.2, 0.25) is 0 Å². The first kappa shape index (κ1) is 14.6. The molecule has 21 heavy (non-hydrogen) atoms. The van der Waals surface area contributed by atoms with Crippen LogP contribution in [0.1, 0.15) is 13.3 Å². The highest BCUT2D eigenvalue weighted by Gasteiger charge is 2.24. The Morgan fingerprint density at radius 1 is 1.33 bits per heavy atom. The molecule has 0 spiro atoms. The Bertz CT molecular complexity index is 676. The number of nitrogens with one attached hydrogen (secondary N) is 2. The third-order valence-electron chi connectivity index (χ3n) is 2.83. The van der Waals surface area contributed by atoms with E-state index in [2.05, 4.69) is 10.3 Å². The number of para-hydroxylation sites is 1. The number of ether oxygens (including phenoxy) is 1. The highest BCUT2D eigenvalue weighted by atomic mass is 16.5. The van der Waals surface area contributed by atoms with Gasteiger partial charge in [-0.15, -0.1) is 0 Å². The fraction of sp³-hybridized carbons (Fsp3) is 0.214. The second-order valence-corrected chi connectivity index (χ2v) is 4.54. The smallest absolute Gasteiger partial charge is 0.334 e. The van der Waals surface area contributed by atoms with E-state index in [0.717, 1.165) is 10.9 Å². The van der Waals surface area contributed by atoms with E-state index in [9.17, 15) is 14.4 Å². The van der Waals surface area contributed by atoms with Crippen molar-refractivity contribution in [1.29, 1.82) is 0 Å². The molecule has 0 saturated heterocycles. The summed E-state index contributed by atoms with van der Waals surface area (Å²) >= 11 is 0. The molecule has 0 aliphatic carbocycles. The normalized spacial score (nSPS) is 11.9. The van der Waals surface area contributed by atoms with Gasteiger partial charge in [0.25, 0.3) is 0 Å². The van der Waals surface area contributed by atoms with E-state index in [0.29, 0.717) is 5.75 Å². The molecule has 7 heteroatoms. The van der Waals surface area contributed by atoms with Crippen molar-refractivity contribution >= 4 is 28.7 Å². The molecule has 1 heterocycles. The van der Waals surface area contributed by atoms with Crippen LogP contribution in [0.15, 0.2) is 30.5 Å². The van der Waals surface area contributed by atoms with Gasteiger partial charge in [0.1, 0.15) is 6.04 Å². The average Bonchev–Trinajstić information content (AvgIpc) is 2.80. The summed E-state index contributed by atoms with van der Waals surface area (Å²) in [5, 5.41) is 3.08. The van der Waals surface area contributed by atoms with Gasteiger partial charge in [-0.25, -0.2) is 4.79 Å². The van der Waals surface area contributed by atoms with E-state index >= 15 is 0 Å². The lowest BCUT2D eigenvalue weighted by atomic mass is 10.2. The third-order valence-corrected chi connectivity index (χ3v) is 2.83. The molecule has 2 amide bonds. The van der Waals surface area contributed by atoms with Crippen LogP contribution in [0.4, 0.5) is 0 Å². The molecule has 110 valence electrons. The number of aromatic amines is 1. The highest BCUT2D eigenvalue weighted by molar-refractivity contribution is 5.92. The number of benzene rings is 1. The van der Waals surface area contributed by atoms with Gasteiger partial charge in [-0.1, -0.05) is 12.1 Å². The van der Waals surface area contributed by atoms with Crippen molar-refractivity contribution in [3.63, 3.8) is 0 Å². The second kappa shape index (κ2) is 6.08. The quantitative estimate of drug-likeness (QED) is 0.693. The molecule has 1 aromatic heterocycles. The number of nitrogens with two attached hydrogens (primary N) is 1. The average molecular weight is 289 g/mol. The van der Waals surface area contributed by atoms with Gasteiger partial charge in [-0.3, -0.25) is 9.59 Å². The summed E-state index contributed by atoms with van der Waals surface area (Å²) in [4.78, 5) is 37.1. The molecule has 2 aromatic rings. The lowest BCUT2D eigenvalue weighted by molar-refractivity contribution is -0.140. The summed E-state index contributed by atoms with van der Waals surface area (Å²) in [5.41, 5.74) is 5.88. The number of hydrogen-bond acceptors (Lipinski definition) is 4. The number of primary amides is 1. The van der Waals surface area contributed by atoms with Gasteiger partial charge < -0.3 is 20.8 Å². The van der Waals surface area contributed by atoms with Gasteiger partial charge in [0, 0.05) is 24.0 Å². The predicted molar refractivity (Wildman–Crippen MR) is 75.3 cm³/mol. The van der Waals surface area contributed by atoms with Gasteiger partial charge in [-0.2, -0.15) is 0 Å². The molecule has 0 fully saturated rings. The third kappa shape index (κ3) is 3.59. The first-order valence-corrected chi connectivity index (χ1v) is 6.30. The summed E-state index contributed by atoms with van der Waals surface area (Å²) in [5.74, 6) is -1.56. The van der Waals surface area contributed by atoms with Gasteiger partial charge >= 0.3 is 5.97 Å². The monoisotopic (exact) mass is 289 g/mol. The van der Waals surface area contributed by atoms with E-state index in [1.54, 1.807) is 6.07 Å². The van der Waals surface area contributed by atoms with Gasteiger partial charge in [0.2, 0.25) is 11.8 Å². The van der Waals surface area contributed by atoms with Crippen molar-refractivity contribution in [3.05, 3.63) is 30.5 Å². The van der Waals surface area contributed by atoms with Gasteiger partial charge in [0.05, 0.1) is 6.42 Å². The topological polar surface area (TPSA) is 114 Å². The van der Waals surface area contributed by atoms with Crippen molar-refractivity contribution in [3.8, 4) is 5.75 Å². The molecule has 0 bridgehead atoms. The molecule has 0 saturated carbocycles. The van der Waals surface area contributed by atoms with Crippen LogP contribution in [-0.2, 0) is 14.4 Å². The molecular formula is C14H15N3O4. The Morgan fingerprint density at radius 2 is 2.05 bits per heavy atom. The van der Waals surface area contributed by atoms with E-state index in [1.807, 2.05) is 18.2 Å². The minimum Gasteiger partial charge on any atom is -0.423 e. The van der Waals surface area contributed by atoms with Crippen LogP contribution in [-0.4, -0.2) is 28.8 Å². The summed E-state index contributed by atoms with van der Waals surface area (Å²) < 4.78 is 5.24. The van der Waals surface area contributed by atoms with Crippen LogP contribution in [0.25, 0.3) is 10.9 Å². The predicted octanol–water partition coefficient (Wildman–Crippen LogP) is 0.453. The van der Waals surface area contributed by atoms with Gasteiger partial charge in [-0.05, 0) is 12.1 Å². The number of hydrogen-bond donors (Lipinski definition) is 3. The molecule has 7 nitrogen and oxygen atoms in total. The van der Waals surface area contributed by atoms with Crippen LogP contribution in [0.3, 0.4) is 0 Å². The molecule has 4 N–H and O–H groups in total. The number of fused-ring (bicyclic) bond motifs is 1. The zero-order valence-electron chi connectivity index (χ0n) is 11.4. The van der Waals surface area contributed by atoms with Crippen LogP contribution >= 0.6 is 0 Å². The Labute approximate surface area is 120 Å². The molecule has 2 rings (SSSR count). The molecular weight excluding hydrogens is 274 g/mol. The molecule has 1 atom stereocenters. The maximum absolute atomic E-state index is 12.1. The van der Waals surface area contributed by atoms with Crippen molar-refractivity contribution in [1.82, 2.24) is 10.3 Å². The summed E-state index contributed by atoms with van der Waals surface area (Å²) in [6.07, 6.45) is 1.22. The van der Waals surface area contributed by atoms with Crippen LogP contribution < -0.4 is 15.8 Å². The zero-order valence-corrected chi connectivity index (χ0v) is 11.4.